The molecule has 1 atom stereocenters. The van der Waals surface area contributed by atoms with Crippen LogP contribution in [0.25, 0.3) is 10.2 Å². The van der Waals surface area contributed by atoms with Crippen LogP contribution in [-0.4, -0.2) is 15.7 Å². The normalized spacial score (nSPS) is 12.9. The van der Waals surface area contributed by atoms with E-state index in [1.54, 1.807) is 0 Å². The summed E-state index contributed by atoms with van der Waals surface area (Å²) < 4.78 is 1.12. The number of nitrogens with one attached hydrogen (secondary N) is 1. The minimum absolute atomic E-state index is 0.0372. The van der Waals surface area contributed by atoms with E-state index in [1.165, 1.54) is 16.9 Å². The molecular formula is C14H17BrN2OS. The summed E-state index contributed by atoms with van der Waals surface area (Å²) >= 11 is 4.92. The quantitative estimate of drug-likeness (QED) is 0.846. The van der Waals surface area contributed by atoms with E-state index in [9.17, 15) is 4.79 Å². The second-order valence-corrected chi connectivity index (χ2v) is 6.83. The third kappa shape index (κ3) is 3.34. The summed E-state index contributed by atoms with van der Waals surface area (Å²) in [6.45, 7) is 6.14. The SMILES string of the molecule is CCc1ccc2nc(NC(=O)[C@@H](Br)C(C)C)sc2c1. The number of carbonyl (C=O) groups excluding carboxylic acids is 1. The van der Waals surface area contributed by atoms with Crippen LogP contribution >= 0.6 is 27.3 Å². The van der Waals surface area contributed by atoms with Crippen LogP contribution in [0.1, 0.15) is 26.3 Å². The van der Waals surface area contributed by atoms with Gasteiger partial charge in [-0.3, -0.25) is 4.79 Å². The van der Waals surface area contributed by atoms with Crippen molar-refractivity contribution < 1.29 is 4.79 Å². The second kappa shape index (κ2) is 6.01. The summed E-state index contributed by atoms with van der Waals surface area (Å²) in [5, 5.41) is 3.54. The fourth-order valence-corrected chi connectivity index (χ4v) is 2.77. The van der Waals surface area contributed by atoms with Gasteiger partial charge in [-0.1, -0.05) is 54.1 Å². The van der Waals surface area contributed by atoms with Crippen molar-refractivity contribution in [2.45, 2.75) is 32.0 Å². The van der Waals surface area contributed by atoms with Gasteiger partial charge in [-0.25, -0.2) is 4.98 Å². The van der Waals surface area contributed by atoms with Gasteiger partial charge in [0.25, 0.3) is 0 Å². The van der Waals surface area contributed by atoms with Crippen molar-refractivity contribution in [3.05, 3.63) is 23.8 Å². The Bertz CT molecular complexity index is 594. The van der Waals surface area contributed by atoms with Gasteiger partial charge in [0.1, 0.15) is 0 Å². The average Bonchev–Trinajstić information content (AvgIpc) is 2.78. The topological polar surface area (TPSA) is 42.0 Å². The first-order valence-electron chi connectivity index (χ1n) is 6.35. The van der Waals surface area contributed by atoms with E-state index in [-0.39, 0.29) is 16.7 Å². The van der Waals surface area contributed by atoms with E-state index in [4.69, 9.17) is 0 Å². The van der Waals surface area contributed by atoms with Gasteiger partial charge in [0.15, 0.2) is 5.13 Å². The van der Waals surface area contributed by atoms with Crippen molar-refractivity contribution in [3.8, 4) is 0 Å². The maximum atomic E-state index is 12.0. The molecule has 1 aromatic heterocycles. The molecule has 0 radical (unpaired) electrons. The van der Waals surface area contributed by atoms with Crippen molar-refractivity contribution in [1.82, 2.24) is 4.98 Å². The second-order valence-electron chi connectivity index (χ2n) is 4.81. The fourth-order valence-electron chi connectivity index (χ4n) is 1.72. The first kappa shape index (κ1) is 14.5. The Morgan fingerprint density at radius 3 is 2.84 bits per heavy atom. The van der Waals surface area contributed by atoms with E-state index >= 15 is 0 Å². The van der Waals surface area contributed by atoms with E-state index in [0.717, 1.165) is 16.6 Å². The minimum Gasteiger partial charge on any atom is -0.301 e. The van der Waals surface area contributed by atoms with Gasteiger partial charge in [0.05, 0.1) is 15.0 Å². The Labute approximate surface area is 125 Å². The lowest BCUT2D eigenvalue weighted by molar-refractivity contribution is -0.116. The van der Waals surface area contributed by atoms with Crippen LogP contribution in [0, 0.1) is 5.92 Å². The van der Waals surface area contributed by atoms with Gasteiger partial charge in [-0.15, -0.1) is 0 Å². The van der Waals surface area contributed by atoms with Crippen molar-refractivity contribution in [3.63, 3.8) is 0 Å². The molecule has 0 aliphatic carbocycles. The number of carbonyl (C=O) groups is 1. The van der Waals surface area contributed by atoms with Crippen LogP contribution in [-0.2, 0) is 11.2 Å². The van der Waals surface area contributed by atoms with Crippen molar-refractivity contribution in [1.29, 1.82) is 0 Å². The largest absolute Gasteiger partial charge is 0.301 e. The molecule has 0 unspecified atom stereocenters. The molecule has 3 nitrogen and oxygen atoms in total. The van der Waals surface area contributed by atoms with Gasteiger partial charge < -0.3 is 5.32 Å². The third-order valence-electron chi connectivity index (χ3n) is 2.93. The number of aromatic nitrogens is 1. The van der Waals surface area contributed by atoms with E-state index in [2.05, 4.69) is 45.3 Å². The molecular weight excluding hydrogens is 324 g/mol. The molecule has 2 rings (SSSR count). The van der Waals surface area contributed by atoms with E-state index in [0.29, 0.717) is 5.13 Å². The lowest BCUT2D eigenvalue weighted by Crippen LogP contribution is -2.26. The van der Waals surface area contributed by atoms with E-state index < -0.39 is 0 Å². The molecule has 0 spiro atoms. The third-order valence-corrected chi connectivity index (χ3v) is 5.33. The first-order valence-corrected chi connectivity index (χ1v) is 8.09. The molecule has 1 aromatic carbocycles. The van der Waals surface area contributed by atoms with Gasteiger partial charge >= 0.3 is 0 Å². The van der Waals surface area contributed by atoms with Crippen molar-refractivity contribution >= 4 is 48.5 Å². The lowest BCUT2D eigenvalue weighted by Gasteiger charge is -2.11. The highest BCUT2D eigenvalue weighted by Crippen LogP contribution is 2.27. The summed E-state index contributed by atoms with van der Waals surface area (Å²) in [6.07, 6.45) is 1.01. The number of hydrogen-bond acceptors (Lipinski definition) is 3. The standard InChI is InChI=1S/C14H17BrN2OS/c1-4-9-5-6-10-11(7-9)19-14(16-10)17-13(18)12(15)8(2)3/h5-8,12H,4H2,1-3H3,(H,16,17,18)/t12-/m0/s1. The molecule has 0 aliphatic heterocycles. The fraction of sp³-hybridized carbons (Fsp3) is 0.429. The maximum Gasteiger partial charge on any atom is 0.240 e. The van der Waals surface area contributed by atoms with Crippen LogP contribution in [0.3, 0.4) is 0 Å². The molecule has 19 heavy (non-hydrogen) atoms. The molecule has 1 heterocycles. The maximum absolute atomic E-state index is 12.0. The highest BCUT2D eigenvalue weighted by molar-refractivity contribution is 9.10. The van der Waals surface area contributed by atoms with Crippen LogP contribution in [0.4, 0.5) is 5.13 Å². The monoisotopic (exact) mass is 340 g/mol. The summed E-state index contributed by atoms with van der Waals surface area (Å²) in [7, 11) is 0. The molecule has 0 saturated carbocycles. The predicted octanol–water partition coefficient (Wildman–Crippen LogP) is 4.22. The molecule has 2 aromatic rings. The Hall–Kier alpha value is -0.940. The molecule has 0 bridgehead atoms. The smallest absolute Gasteiger partial charge is 0.240 e. The summed E-state index contributed by atoms with van der Waals surface area (Å²) in [5.74, 6) is 0.214. The highest BCUT2D eigenvalue weighted by atomic mass is 79.9. The van der Waals surface area contributed by atoms with Crippen LogP contribution in [0.15, 0.2) is 18.2 Å². The molecule has 1 N–H and O–H groups in total. The van der Waals surface area contributed by atoms with Gasteiger partial charge in [-0.05, 0) is 30.0 Å². The summed E-state index contributed by atoms with van der Waals surface area (Å²) in [4.78, 5) is 16.2. The summed E-state index contributed by atoms with van der Waals surface area (Å²) in [5.41, 5.74) is 2.22. The number of nitrogens with zero attached hydrogens (tertiary/aromatic N) is 1. The molecule has 0 saturated heterocycles. The van der Waals surface area contributed by atoms with Gasteiger partial charge in [0, 0.05) is 0 Å². The average molecular weight is 341 g/mol. The zero-order valence-electron chi connectivity index (χ0n) is 11.2. The van der Waals surface area contributed by atoms with Crippen LogP contribution < -0.4 is 5.32 Å². The number of rotatable bonds is 4. The summed E-state index contributed by atoms with van der Waals surface area (Å²) in [6, 6.07) is 6.22. The zero-order chi connectivity index (χ0) is 14.0. The highest BCUT2D eigenvalue weighted by Gasteiger charge is 2.19. The molecule has 5 heteroatoms. The number of anilines is 1. The predicted molar refractivity (Wildman–Crippen MR) is 85.2 cm³/mol. The zero-order valence-corrected chi connectivity index (χ0v) is 13.6. The van der Waals surface area contributed by atoms with Crippen LogP contribution in [0.2, 0.25) is 0 Å². The number of aryl methyl sites for hydroxylation is 1. The number of amides is 1. The number of halogens is 1. The minimum atomic E-state index is -0.189. The van der Waals surface area contributed by atoms with Crippen molar-refractivity contribution in [2.24, 2.45) is 5.92 Å². The Kier molecular flexibility index (Phi) is 4.58. The molecule has 1 amide bonds. The Morgan fingerprint density at radius 2 is 2.21 bits per heavy atom. The number of fused-ring (bicyclic) bond motifs is 1. The number of thiazole rings is 1. The van der Waals surface area contributed by atoms with Gasteiger partial charge in [0.2, 0.25) is 5.91 Å². The van der Waals surface area contributed by atoms with Gasteiger partial charge in [-0.2, -0.15) is 0 Å². The Morgan fingerprint density at radius 1 is 1.47 bits per heavy atom. The lowest BCUT2D eigenvalue weighted by atomic mass is 10.1. The number of alkyl halides is 1. The Balaban J connectivity index is 2.20. The molecule has 102 valence electrons. The van der Waals surface area contributed by atoms with E-state index in [1.807, 2.05) is 19.9 Å². The number of benzene rings is 1. The molecule has 0 fully saturated rings. The molecule has 0 aliphatic rings. The van der Waals surface area contributed by atoms with Crippen LogP contribution in [0.5, 0.6) is 0 Å². The first-order chi connectivity index (χ1) is 9.01. The number of hydrogen-bond donors (Lipinski definition) is 1. The van der Waals surface area contributed by atoms with Crippen molar-refractivity contribution in [2.75, 3.05) is 5.32 Å².